The van der Waals surface area contributed by atoms with Crippen LogP contribution in [0.15, 0.2) is 27.8 Å². The second kappa shape index (κ2) is 9.71. The summed E-state index contributed by atoms with van der Waals surface area (Å²) in [5.74, 6) is 1.08. The maximum Gasteiger partial charge on any atom is 0.289 e. The summed E-state index contributed by atoms with van der Waals surface area (Å²) in [6.45, 7) is 5.86. The van der Waals surface area contributed by atoms with E-state index in [0.717, 1.165) is 12.4 Å². The maximum absolute atomic E-state index is 12.3. The third kappa shape index (κ3) is 5.51. The van der Waals surface area contributed by atoms with Gasteiger partial charge in [0, 0.05) is 52.7 Å². The van der Waals surface area contributed by atoms with E-state index in [1.165, 1.54) is 6.26 Å². The Balaban J connectivity index is 1.74. The van der Waals surface area contributed by atoms with Crippen LogP contribution in [0.4, 0.5) is 0 Å². The first kappa shape index (κ1) is 18.8. The second-order valence-electron chi connectivity index (χ2n) is 5.83. The molecule has 1 fully saturated rings. The van der Waals surface area contributed by atoms with Crippen LogP contribution in [0.3, 0.4) is 0 Å². The standard InChI is InChI=1S/C17H27N5O3/c1-3-7-19-15(23)6-8-20-17(18-2)22-11-9-21(10-12-22)16(24)14-5-4-13-25-14/h4-5,13H,3,6-12H2,1-2H3,(H,18,20)(H,19,23). The molecule has 0 aromatic carbocycles. The highest BCUT2D eigenvalue weighted by Gasteiger charge is 2.25. The molecule has 1 aliphatic heterocycles. The number of aliphatic imine (C=N–C) groups is 1. The molecule has 8 nitrogen and oxygen atoms in total. The summed E-state index contributed by atoms with van der Waals surface area (Å²) in [4.78, 5) is 32.0. The van der Waals surface area contributed by atoms with Crippen molar-refractivity contribution in [3.8, 4) is 0 Å². The van der Waals surface area contributed by atoms with Crippen molar-refractivity contribution in [2.45, 2.75) is 19.8 Å². The third-order valence-corrected chi connectivity index (χ3v) is 4.02. The fraction of sp³-hybridized carbons (Fsp3) is 0.588. The maximum atomic E-state index is 12.3. The van der Waals surface area contributed by atoms with Gasteiger partial charge in [0.1, 0.15) is 0 Å². The lowest BCUT2D eigenvalue weighted by atomic mass is 10.3. The lowest BCUT2D eigenvalue weighted by Gasteiger charge is -2.36. The van der Waals surface area contributed by atoms with Gasteiger partial charge in [0.2, 0.25) is 5.91 Å². The van der Waals surface area contributed by atoms with Gasteiger partial charge < -0.3 is 24.9 Å². The zero-order chi connectivity index (χ0) is 18.1. The highest BCUT2D eigenvalue weighted by Crippen LogP contribution is 2.09. The van der Waals surface area contributed by atoms with Crippen molar-refractivity contribution < 1.29 is 14.0 Å². The van der Waals surface area contributed by atoms with E-state index in [-0.39, 0.29) is 11.8 Å². The van der Waals surface area contributed by atoms with Crippen LogP contribution in [0.5, 0.6) is 0 Å². The minimum Gasteiger partial charge on any atom is -0.459 e. The number of nitrogens with one attached hydrogen (secondary N) is 2. The van der Waals surface area contributed by atoms with Crippen molar-refractivity contribution in [2.24, 2.45) is 4.99 Å². The fourth-order valence-electron chi connectivity index (χ4n) is 2.65. The zero-order valence-corrected chi connectivity index (χ0v) is 15.0. The smallest absolute Gasteiger partial charge is 0.289 e. The molecule has 1 aliphatic rings. The van der Waals surface area contributed by atoms with Crippen LogP contribution in [0.25, 0.3) is 0 Å². The van der Waals surface area contributed by atoms with Crippen LogP contribution in [0.2, 0.25) is 0 Å². The summed E-state index contributed by atoms with van der Waals surface area (Å²) in [6, 6.07) is 3.39. The van der Waals surface area contributed by atoms with Crippen molar-refractivity contribution in [2.75, 3.05) is 46.3 Å². The quantitative estimate of drug-likeness (QED) is 0.578. The number of rotatable bonds is 6. The van der Waals surface area contributed by atoms with E-state index in [9.17, 15) is 9.59 Å². The largest absolute Gasteiger partial charge is 0.459 e. The normalized spacial score (nSPS) is 15.2. The average molecular weight is 349 g/mol. The summed E-state index contributed by atoms with van der Waals surface area (Å²) in [5, 5.41) is 6.06. The van der Waals surface area contributed by atoms with Crippen LogP contribution < -0.4 is 10.6 Å². The van der Waals surface area contributed by atoms with Gasteiger partial charge in [0.15, 0.2) is 11.7 Å². The Morgan fingerprint density at radius 3 is 2.48 bits per heavy atom. The van der Waals surface area contributed by atoms with Crippen LogP contribution in [-0.4, -0.2) is 73.9 Å². The summed E-state index contributed by atoms with van der Waals surface area (Å²) in [5.41, 5.74) is 0. The molecule has 0 bridgehead atoms. The fourth-order valence-corrected chi connectivity index (χ4v) is 2.65. The molecule has 2 N–H and O–H groups in total. The van der Waals surface area contributed by atoms with E-state index in [1.54, 1.807) is 24.1 Å². The molecular formula is C17H27N5O3. The minimum absolute atomic E-state index is 0.0404. The summed E-state index contributed by atoms with van der Waals surface area (Å²) < 4.78 is 5.17. The van der Waals surface area contributed by atoms with E-state index in [2.05, 4.69) is 20.5 Å². The van der Waals surface area contributed by atoms with Crippen molar-refractivity contribution in [3.05, 3.63) is 24.2 Å². The van der Waals surface area contributed by atoms with E-state index < -0.39 is 0 Å². The molecule has 0 spiro atoms. The molecule has 8 heteroatoms. The Bertz CT molecular complexity index is 577. The van der Waals surface area contributed by atoms with Crippen molar-refractivity contribution >= 4 is 17.8 Å². The summed E-state index contributed by atoms with van der Waals surface area (Å²) in [6.07, 6.45) is 2.85. The number of hydrogen-bond acceptors (Lipinski definition) is 4. The molecule has 0 unspecified atom stereocenters. The molecule has 2 amide bonds. The number of nitrogens with zero attached hydrogens (tertiary/aromatic N) is 3. The Morgan fingerprint density at radius 2 is 1.88 bits per heavy atom. The molecular weight excluding hydrogens is 322 g/mol. The minimum atomic E-state index is -0.0832. The van der Waals surface area contributed by atoms with Gasteiger partial charge in [-0.2, -0.15) is 0 Å². The Kier molecular flexibility index (Phi) is 7.31. The van der Waals surface area contributed by atoms with Crippen LogP contribution >= 0.6 is 0 Å². The van der Waals surface area contributed by atoms with E-state index in [4.69, 9.17) is 4.42 Å². The molecule has 138 valence electrons. The number of carbonyl (C=O) groups is 2. The number of piperazine rings is 1. The molecule has 25 heavy (non-hydrogen) atoms. The van der Waals surface area contributed by atoms with Gasteiger partial charge in [0.25, 0.3) is 5.91 Å². The first-order chi connectivity index (χ1) is 12.2. The number of furan rings is 1. The lowest BCUT2D eigenvalue weighted by Crippen LogP contribution is -2.54. The monoisotopic (exact) mass is 349 g/mol. The Hall–Kier alpha value is -2.51. The second-order valence-corrected chi connectivity index (χ2v) is 5.83. The molecule has 1 saturated heterocycles. The number of amides is 2. The molecule has 1 aromatic heterocycles. The average Bonchev–Trinajstić information content (AvgIpc) is 3.18. The first-order valence-corrected chi connectivity index (χ1v) is 8.70. The first-order valence-electron chi connectivity index (χ1n) is 8.70. The Labute approximate surface area is 148 Å². The van der Waals surface area contributed by atoms with Gasteiger partial charge in [-0.05, 0) is 18.6 Å². The Morgan fingerprint density at radius 1 is 1.16 bits per heavy atom. The molecule has 1 aromatic rings. The van der Waals surface area contributed by atoms with Gasteiger partial charge in [-0.15, -0.1) is 0 Å². The molecule has 0 aliphatic carbocycles. The van der Waals surface area contributed by atoms with Crippen molar-refractivity contribution in [3.63, 3.8) is 0 Å². The zero-order valence-electron chi connectivity index (χ0n) is 15.0. The molecule has 2 rings (SSSR count). The highest BCUT2D eigenvalue weighted by atomic mass is 16.3. The van der Waals surface area contributed by atoms with Crippen molar-refractivity contribution in [1.82, 2.24) is 20.4 Å². The third-order valence-electron chi connectivity index (χ3n) is 4.02. The van der Waals surface area contributed by atoms with Gasteiger partial charge in [-0.25, -0.2) is 0 Å². The predicted molar refractivity (Wildman–Crippen MR) is 95.5 cm³/mol. The van der Waals surface area contributed by atoms with Gasteiger partial charge in [-0.3, -0.25) is 14.6 Å². The number of hydrogen-bond donors (Lipinski definition) is 2. The molecule has 2 heterocycles. The van der Waals surface area contributed by atoms with Crippen LogP contribution in [0.1, 0.15) is 30.3 Å². The molecule has 0 atom stereocenters. The van der Waals surface area contributed by atoms with Gasteiger partial charge in [-0.1, -0.05) is 6.92 Å². The molecule has 0 radical (unpaired) electrons. The van der Waals surface area contributed by atoms with Gasteiger partial charge in [0.05, 0.1) is 6.26 Å². The lowest BCUT2D eigenvalue weighted by molar-refractivity contribution is -0.120. The van der Waals surface area contributed by atoms with Crippen LogP contribution in [0, 0.1) is 0 Å². The summed E-state index contributed by atoms with van der Waals surface area (Å²) >= 11 is 0. The van der Waals surface area contributed by atoms with E-state index in [1.807, 2.05) is 6.92 Å². The predicted octanol–water partition coefficient (Wildman–Crippen LogP) is 0.529. The molecule has 0 saturated carbocycles. The van der Waals surface area contributed by atoms with Crippen molar-refractivity contribution in [1.29, 1.82) is 0 Å². The number of carbonyl (C=O) groups excluding carboxylic acids is 2. The van der Waals surface area contributed by atoms with Crippen LogP contribution in [-0.2, 0) is 4.79 Å². The van der Waals surface area contributed by atoms with E-state index >= 15 is 0 Å². The van der Waals surface area contributed by atoms with Gasteiger partial charge >= 0.3 is 0 Å². The topological polar surface area (TPSA) is 90.2 Å². The number of guanidine groups is 1. The summed E-state index contributed by atoms with van der Waals surface area (Å²) in [7, 11) is 1.72. The SMILES string of the molecule is CCCNC(=O)CCNC(=NC)N1CCN(C(=O)c2ccco2)CC1. The highest BCUT2D eigenvalue weighted by molar-refractivity contribution is 5.91. The van der Waals surface area contributed by atoms with E-state index in [0.29, 0.717) is 51.4 Å².